The molecule has 5 heteroatoms. The van der Waals surface area contributed by atoms with E-state index in [-0.39, 0.29) is 0 Å². The van der Waals surface area contributed by atoms with Crippen molar-refractivity contribution in [1.29, 1.82) is 0 Å². The summed E-state index contributed by atoms with van der Waals surface area (Å²) < 4.78 is 31.6. The first-order valence-electron chi connectivity index (χ1n) is 7.49. The fourth-order valence-electron chi connectivity index (χ4n) is 2.20. The molecule has 0 spiro atoms. The van der Waals surface area contributed by atoms with E-state index in [9.17, 15) is 13.9 Å². The number of nitrogens with zero attached hydrogens (tertiary/aromatic N) is 1. The van der Waals surface area contributed by atoms with Crippen molar-refractivity contribution in [2.24, 2.45) is 0 Å². The molecule has 0 radical (unpaired) electrons. The van der Waals surface area contributed by atoms with Crippen molar-refractivity contribution < 1.29 is 18.6 Å². The number of aliphatic hydroxyl groups excluding tert-OH is 1. The molecular formula is C18H21F2NO2. The van der Waals surface area contributed by atoms with E-state index in [1.807, 2.05) is 42.3 Å². The first-order chi connectivity index (χ1) is 11.1. The lowest BCUT2D eigenvalue weighted by Crippen LogP contribution is -2.28. The van der Waals surface area contributed by atoms with Gasteiger partial charge in [0, 0.05) is 13.1 Å². The quantitative estimate of drug-likeness (QED) is 0.758. The molecule has 2 aromatic carbocycles. The number of halogens is 2. The number of ether oxygens (including phenoxy) is 1. The average Bonchev–Trinajstić information content (AvgIpc) is 2.55. The van der Waals surface area contributed by atoms with Crippen molar-refractivity contribution in [3.05, 3.63) is 71.3 Å². The van der Waals surface area contributed by atoms with E-state index in [4.69, 9.17) is 4.74 Å². The lowest BCUT2D eigenvalue weighted by Gasteiger charge is -2.20. The number of hydrogen-bond donors (Lipinski definition) is 1. The maximum absolute atomic E-state index is 13.2. The van der Waals surface area contributed by atoms with E-state index in [1.165, 1.54) is 6.07 Å². The van der Waals surface area contributed by atoms with E-state index in [0.29, 0.717) is 31.9 Å². The predicted molar refractivity (Wildman–Crippen MR) is 84.9 cm³/mol. The highest BCUT2D eigenvalue weighted by molar-refractivity contribution is 5.20. The maximum Gasteiger partial charge on any atom is 0.159 e. The first kappa shape index (κ1) is 17.5. The summed E-state index contributed by atoms with van der Waals surface area (Å²) in [6, 6.07) is 13.3. The second-order valence-corrected chi connectivity index (χ2v) is 5.49. The Morgan fingerprint density at radius 1 is 1.09 bits per heavy atom. The molecule has 0 aliphatic heterocycles. The van der Waals surface area contributed by atoms with Crippen LogP contribution in [0.25, 0.3) is 0 Å². The Labute approximate surface area is 135 Å². The summed E-state index contributed by atoms with van der Waals surface area (Å²) in [5, 5.41) is 10.1. The molecule has 1 atom stereocenters. The number of benzene rings is 2. The van der Waals surface area contributed by atoms with Crippen LogP contribution in [0.15, 0.2) is 48.5 Å². The van der Waals surface area contributed by atoms with Crippen LogP contribution < -0.4 is 0 Å². The van der Waals surface area contributed by atoms with Crippen LogP contribution in [0, 0.1) is 11.6 Å². The summed E-state index contributed by atoms with van der Waals surface area (Å²) in [5.74, 6) is -1.86. The van der Waals surface area contributed by atoms with Gasteiger partial charge in [0.1, 0.15) is 0 Å². The molecule has 2 aromatic rings. The lowest BCUT2D eigenvalue weighted by molar-refractivity contribution is 0.0766. The molecule has 1 unspecified atom stereocenters. The van der Waals surface area contributed by atoms with Gasteiger partial charge in [-0.3, -0.25) is 0 Å². The van der Waals surface area contributed by atoms with Gasteiger partial charge >= 0.3 is 0 Å². The summed E-state index contributed by atoms with van der Waals surface area (Å²) in [5.41, 5.74) is 1.47. The summed E-state index contributed by atoms with van der Waals surface area (Å²) in [4.78, 5) is 1.89. The molecule has 0 bridgehead atoms. The van der Waals surface area contributed by atoms with Crippen molar-refractivity contribution >= 4 is 0 Å². The Balaban J connectivity index is 1.71. The first-order valence-corrected chi connectivity index (χ1v) is 7.49. The molecule has 0 aliphatic carbocycles. The summed E-state index contributed by atoms with van der Waals surface area (Å²) in [6.45, 7) is 2.02. The SMILES string of the molecule is CN(CCOCc1ccccc1)CC(O)c1ccc(F)c(F)c1. The van der Waals surface area contributed by atoms with E-state index in [2.05, 4.69) is 0 Å². The van der Waals surface area contributed by atoms with Crippen molar-refractivity contribution in [3.8, 4) is 0 Å². The van der Waals surface area contributed by atoms with E-state index >= 15 is 0 Å². The van der Waals surface area contributed by atoms with Gasteiger partial charge in [-0.1, -0.05) is 36.4 Å². The third-order valence-electron chi connectivity index (χ3n) is 3.54. The Morgan fingerprint density at radius 2 is 1.83 bits per heavy atom. The highest BCUT2D eigenvalue weighted by Gasteiger charge is 2.13. The Hall–Kier alpha value is -1.82. The molecule has 3 nitrogen and oxygen atoms in total. The molecule has 23 heavy (non-hydrogen) atoms. The molecule has 0 amide bonds. The smallest absolute Gasteiger partial charge is 0.159 e. The van der Waals surface area contributed by atoms with Gasteiger partial charge in [0.15, 0.2) is 11.6 Å². The van der Waals surface area contributed by atoms with Crippen molar-refractivity contribution in [2.45, 2.75) is 12.7 Å². The topological polar surface area (TPSA) is 32.7 Å². The number of likely N-dealkylation sites (N-methyl/N-ethyl adjacent to an activating group) is 1. The van der Waals surface area contributed by atoms with Gasteiger partial charge in [-0.05, 0) is 30.3 Å². The Kier molecular flexibility index (Phi) is 6.65. The third kappa shape index (κ3) is 5.71. The lowest BCUT2D eigenvalue weighted by atomic mass is 10.1. The largest absolute Gasteiger partial charge is 0.387 e. The van der Waals surface area contributed by atoms with Crippen LogP contribution >= 0.6 is 0 Å². The maximum atomic E-state index is 13.2. The molecule has 0 saturated carbocycles. The van der Waals surface area contributed by atoms with Crippen LogP contribution in [0.5, 0.6) is 0 Å². The zero-order chi connectivity index (χ0) is 16.7. The van der Waals surface area contributed by atoms with Crippen LogP contribution in [0.3, 0.4) is 0 Å². The minimum Gasteiger partial charge on any atom is -0.387 e. The molecular weight excluding hydrogens is 300 g/mol. The zero-order valence-corrected chi connectivity index (χ0v) is 13.1. The Morgan fingerprint density at radius 3 is 2.52 bits per heavy atom. The molecule has 2 rings (SSSR count). The second-order valence-electron chi connectivity index (χ2n) is 5.49. The van der Waals surface area contributed by atoms with Crippen LogP contribution in [0.1, 0.15) is 17.2 Å². The van der Waals surface area contributed by atoms with Crippen LogP contribution in [-0.2, 0) is 11.3 Å². The van der Waals surface area contributed by atoms with Gasteiger partial charge in [-0.25, -0.2) is 8.78 Å². The molecule has 1 N–H and O–H groups in total. The summed E-state index contributed by atoms with van der Waals surface area (Å²) in [6.07, 6.45) is -0.871. The molecule has 0 aromatic heterocycles. The van der Waals surface area contributed by atoms with Gasteiger partial charge in [0.2, 0.25) is 0 Å². The normalized spacial score (nSPS) is 12.6. The monoisotopic (exact) mass is 321 g/mol. The van der Waals surface area contributed by atoms with Crippen LogP contribution in [-0.4, -0.2) is 36.8 Å². The Bertz CT molecular complexity index is 607. The highest BCUT2D eigenvalue weighted by atomic mass is 19.2. The van der Waals surface area contributed by atoms with Gasteiger partial charge in [0.25, 0.3) is 0 Å². The minimum atomic E-state index is -0.949. The fraction of sp³-hybridized carbons (Fsp3) is 0.333. The van der Waals surface area contributed by atoms with Crippen molar-refractivity contribution in [2.75, 3.05) is 26.7 Å². The minimum absolute atomic E-state index is 0.319. The fourth-order valence-corrected chi connectivity index (χ4v) is 2.20. The predicted octanol–water partition coefficient (Wildman–Crippen LogP) is 3.15. The van der Waals surface area contributed by atoms with E-state index in [0.717, 1.165) is 17.7 Å². The summed E-state index contributed by atoms with van der Waals surface area (Å²) >= 11 is 0. The van der Waals surface area contributed by atoms with Gasteiger partial charge < -0.3 is 14.7 Å². The van der Waals surface area contributed by atoms with Gasteiger partial charge in [-0.15, -0.1) is 0 Å². The standard InChI is InChI=1S/C18H21F2NO2/c1-21(9-10-23-13-14-5-3-2-4-6-14)12-18(22)15-7-8-16(19)17(20)11-15/h2-8,11,18,22H,9-10,12-13H2,1H3. The highest BCUT2D eigenvalue weighted by Crippen LogP contribution is 2.17. The molecule has 124 valence electrons. The zero-order valence-electron chi connectivity index (χ0n) is 13.1. The average molecular weight is 321 g/mol. The number of rotatable bonds is 8. The third-order valence-corrected chi connectivity index (χ3v) is 3.54. The summed E-state index contributed by atoms with van der Waals surface area (Å²) in [7, 11) is 1.84. The van der Waals surface area contributed by atoms with Gasteiger partial charge in [-0.2, -0.15) is 0 Å². The number of aliphatic hydroxyl groups is 1. The molecule has 0 heterocycles. The van der Waals surface area contributed by atoms with Crippen molar-refractivity contribution in [1.82, 2.24) is 4.90 Å². The second kappa shape index (κ2) is 8.72. The van der Waals surface area contributed by atoms with Gasteiger partial charge in [0.05, 0.1) is 19.3 Å². The molecule has 0 aliphatic rings. The van der Waals surface area contributed by atoms with Crippen LogP contribution in [0.4, 0.5) is 8.78 Å². The van der Waals surface area contributed by atoms with Crippen molar-refractivity contribution in [3.63, 3.8) is 0 Å². The molecule has 0 fully saturated rings. The number of hydrogen-bond acceptors (Lipinski definition) is 3. The molecule has 0 saturated heterocycles. The van der Waals surface area contributed by atoms with Crippen LogP contribution in [0.2, 0.25) is 0 Å². The van der Waals surface area contributed by atoms with E-state index in [1.54, 1.807) is 0 Å². The van der Waals surface area contributed by atoms with E-state index < -0.39 is 17.7 Å².